The average molecular weight is 358 g/mol. The van der Waals surface area contributed by atoms with Crippen LogP contribution in [0.1, 0.15) is 12.8 Å². The number of ether oxygens (including phenoxy) is 1. The van der Waals surface area contributed by atoms with Crippen LogP contribution < -0.4 is 0 Å². The second-order valence-corrected chi connectivity index (χ2v) is 1.97. The first-order chi connectivity index (χ1) is 5.22. The van der Waals surface area contributed by atoms with E-state index in [9.17, 15) is 0 Å². The summed E-state index contributed by atoms with van der Waals surface area (Å²) in [5.74, 6) is 0. The van der Waals surface area contributed by atoms with Gasteiger partial charge in [0.2, 0.25) is 0 Å². The van der Waals surface area contributed by atoms with E-state index in [4.69, 9.17) is 15.3 Å². The van der Waals surface area contributed by atoms with Crippen LogP contribution in [0.5, 0.6) is 0 Å². The summed E-state index contributed by atoms with van der Waals surface area (Å²) in [4.78, 5) is 0. The molecule has 0 unspecified atom stereocenters. The van der Waals surface area contributed by atoms with Crippen molar-refractivity contribution in [2.24, 2.45) is 0 Å². The minimum absolute atomic E-state index is 0. The zero-order valence-electron chi connectivity index (χ0n) is 9.02. The number of hydrogen-bond donors (Lipinski definition) is 3. The van der Waals surface area contributed by atoms with Crippen LogP contribution in [-0.2, 0) is 70.2 Å². The normalized spacial score (nSPS) is 7.29. The first-order valence-electron chi connectivity index (χ1n) is 3.40. The summed E-state index contributed by atoms with van der Waals surface area (Å²) < 4.78 is 4.00. The number of hydrogen-bond acceptors (Lipinski definition) is 4. The molecule has 0 aromatic carbocycles. The van der Waals surface area contributed by atoms with Gasteiger partial charge in [0.05, 0.1) is 6.10 Å². The number of rotatable bonds is 4. The van der Waals surface area contributed by atoms with Gasteiger partial charge in [-0.25, -0.2) is 7.11 Å². The molecule has 0 bridgehead atoms. The van der Waals surface area contributed by atoms with Crippen LogP contribution in [0.2, 0.25) is 0 Å². The van der Waals surface area contributed by atoms with E-state index >= 15 is 0 Å². The fourth-order valence-electron chi connectivity index (χ4n) is 0.442. The molecule has 0 aromatic heterocycles. The Labute approximate surface area is 138 Å². The minimum Gasteiger partial charge on any atom is -0.557 e. The Morgan fingerprint density at radius 1 is 1.14 bits per heavy atom. The standard InChI is InChI=1S/C5H12O3.C2H5O.CH3.2Y/c6-3-1-5(8)2-4-7;1-3-2;;;/h5-8H,1-4H2;1H2,2H3;1H3;;/q;2*-1;;. The van der Waals surface area contributed by atoms with Crippen LogP contribution in [0.15, 0.2) is 0 Å². The van der Waals surface area contributed by atoms with E-state index < -0.39 is 6.10 Å². The van der Waals surface area contributed by atoms with E-state index in [1.807, 2.05) is 0 Å². The Morgan fingerprint density at radius 2 is 1.36 bits per heavy atom. The van der Waals surface area contributed by atoms with Crippen LogP contribution in [0.25, 0.3) is 0 Å². The van der Waals surface area contributed by atoms with Gasteiger partial charge in [-0.2, -0.15) is 0 Å². The van der Waals surface area contributed by atoms with E-state index in [1.165, 1.54) is 7.11 Å². The molecule has 0 aliphatic carbocycles. The van der Waals surface area contributed by atoms with E-state index in [0.29, 0.717) is 12.8 Å². The van der Waals surface area contributed by atoms with Crippen molar-refractivity contribution in [3.63, 3.8) is 0 Å². The molecule has 0 saturated heterocycles. The maximum Gasteiger partial charge on any atom is 0.0583 e. The molecule has 0 amide bonds. The summed E-state index contributed by atoms with van der Waals surface area (Å²) in [7, 11) is 4.50. The van der Waals surface area contributed by atoms with Crippen LogP contribution >= 0.6 is 0 Å². The average Bonchev–Trinajstić information content (AvgIpc) is 1.90. The van der Waals surface area contributed by atoms with Crippen molar-refractivity contribution in [1.82, 2.24) is 0 Å². The third-order valence-corrected chi connectivity index (χ3v) is 0.925. The maximum atomic E-state index is 8.73. The summed E-state index contributed by atoms with van der Waals surface area (Å²) >= 11 is 0. The fourth-order valence-corrected chi connectivity index (χ4v) is 0.442. The van der Waals surface area contributed by atoms with Gasteiger partial charge in [-0.3, -0.25) is 0 Å². The van der Waals surface area contributed by atoms with E-state index in [2.05, 4.69) is 11.8 Å². The summed E-state index contributed by atoms with van der Waals surface area (Å²) in [5, 5.41) is 25.2. The van der Waals surface area contributed by atoms with Crippen LogP contribution in [-0.4, -0.2) is 41.7 Å². The first kappa shape index (κ1) is 29.8. The van der Waals surface area contributed by atoms with Gasteiger partial charge >= 0.3 is 0 Å². The third-order valence-electron chi connectivity index (χ3n) is 0.925. The van der Waals surface area contributed by atoms with Crippen molar-refractivity contribution in [3.05, 3.63) is 14.5 Å². The second kappa shape index (κ2) is 29.4. The number of aliphatic hydroxyl groups is 3. The van der Waals surface area contributed by atoms with E-state index in [-0.39, 0.29) is 86.1 Å². The van der Waals surface area contributed by atoms with Gasteiger partial charge in [0.15, 0.2) is 0 Å². The molecule has 0 fully saturated rings. The van der Waals surface area contributed by atoms with Crippen LogP contribution in [0.3, 0.4) is 0 Å². The van der Waals surface area contributed by atoms with Gasteiger partial charge in [0.1, 0.15) is 0 Å². The monoisotopic (exact) mass is 358 g/mol. The summed E-state index contributed by atoms with van der Waals surface area (Å²) in [5.41, 5.74) is 0. The number of methoxy groups -OCH3 is 1. The molecular weight excluding hydrogens is 338 g/mol. The quantitative estimate of drug-likeness (QED) is 0.618. The molecule has 0 heterocycles. The zero-order chi connectivity index (χ0) is 9.11. The van der Waals surface area contributed by atoms with Crippen molar-refractivity contribution in [1.29, 1.82) is 0 Å². The van der Waals surface area contributed by atoms with Crippen molar-refractivity contribution in [2.75, 3.05) is 20.3 Å². The molecule has 0 atom stereocenters. The van der Waals surface area contributed by atoms with Crippen LogP contribution in [0.4, 0.5) is 0 Å². The molecule has 3 N–H and O–H groups in total. The molecule has 2 radical (unpaired) electrons. The van der Waals surface area contributed by atoms with Gasteiger partial charge in [-0.05, 0) is 20.0 Å². The van der Waals surface area contributed by atoms with Gasteiger partial charge in [0, 0.05) is 78.6 Å². The molecule has 0 aliphatic rings. The SMILES string of the molecule is OCCC(O)CCO.[CH2-]OC.[CH3-].[Y].[Y]. The predicted molar refractivity (Wildman–Crippen MR) is 48.2 cm³/mol. The van der Waals surface area contributed by atoms with Crippen molar-refractivity contribution in [2.45, 2.75) is 18.9 Å². The van der Waals surface area contributed by atoms with E-state index in [1.54, 1.807) is 0 Å². The molecule has 0 spiro atoms. The maximum absolute atomic E-state index is 8.73. The Balaban J connectivity index is -0.0000000405. The molecule has 6 heteroatoms. The fraction of sp³-hybridized carbons (Fsp3) is 0.750. The topological polar surface area (TPSA) is 69.9 Å². The molecular formula is C8H20O4Y2-2. The summed E-state index contributed by atoms with van der Waals surface area (Å²) in [6, 6.07) is 0. The first-order valence-corrected chi connectivity index (χ1v) is 3.40. The molecule has 84 valence electrons. The molecule has 0 saturated carbocycles. The van der Waals surface area contributed by atoms with Gasteiger partial charge in [-0.1, -0.05) is 0 Å². The van der Waals surface area contributed by atoms with Crippen molar-refractivity contribution >= 4 is 0 Å². The zero-order valence-corrected chi connectivity index (χ0v) is 14.7. The summed E-state index contributed by atoms with van der Waals surface area (Å²) in [6.07, 6.45) is 0.186. The Morgan fingerprint density at radius 3 is 1.50 bits per heavy atom. The molecule has 0 rings (SSSR count). The second-order valence-electron chi connectivity index (χ2n) is 1.97. The Hall–Kier alpha value is 2.05. The summed E-state index contributed by atoms with van der Waals surface area (Å²) in [6.45, 7) is -0.0255. The van der Waals surface area contributed by atoms with Gasteiger partial charge in [0.25, 0.3) is 0 Å². The number of aliphatic hydroxyl groups excluding tert-OH is 3. The molecule has 0 aromatic rings. The predicted octanol–water partition coefficient (Wildman–Crippen LogP) is -0.0182. The van der Waals surface area contributed by atoms with Crippen LogP contribution in [0, 0.1) is 14.5 Å². The van der Waals surface area contributed by atoms with Gasteiger partial charge < -0.3 is 27.5 Å². The Bertz CT molecular complexity index is 61.3. The molecule has 4 nitrogen and oxygen atoms in total. The van der Waals surface area contributed by atoms with E-state index in [0.717, 1.165) is 0 Å². The largest absolute Gasteiger partial charge is 0.557 e. The third kappa shape index (κ3) is 36.9. The smallest absolute Gasteiger partial charge is 0.0583 e. The van der Waals surface area contributed by atoms with Crippen molar-refractivity contribution < 1.29 is 85.5 Å². The van der Waals surface area contributed by atoms with Crippen molar-refractivity contribution in [3.8, 4) is 0 Å². The molecule has 0 aliphatic heterocycles. The molecule has 14 heavy (non-hydrogen) atoms. The minimum atomic E-state index is -0.537. The van der Waals surface area contributed by atoms with Gasteiger partial charge in [-0.15, -0.1) is 0 Å². The Kier molecular flexibility index (Phi) is 62.6.